The molecule has 2 rings (SSSR count). The SMILES string of the molecule is CCCn1ccnc1C(=O)C1CC1C. The van der Waals surface area contributed by atoms with Crippen molar-refractivity contribution < 1.29 is 4.79 Å². The molecule has 0 amide bonds. The first-order chi connectivity index (χ1) is 6.74. The quantitative estimate of drug-likeness (QED) is 0.685. The minimum Gasteiger partial charge on any atom is -0.329 e. The fraction of sp³-hybridized carbons (Fsp3) is 0.636. The van der Waals surface area contributed by atoms with Gasteiger partial charge in [0.05, 0.1) is 0 Å². The fourth-order valence-corrected chi connectivity index (χ4v) is 1.81. The van der Waals surface area contributed by atoms with Crippen LogP contribution in [0.5, 0.6) is 0 Å². The van der Waals surface area contributed by atoms with Gasteiger partial charge in [-0.1, -0.05) is 13.8 Å². The zero-order chi connectivity index (χ0) is 10.1. The van der Waals surface area contributed by atoms with Crippen LogP contribution in [0.1, 0.15) is 37.3 Å². The third-order valence-corrected chi connectivity index (χ3v) is 2.85. The van der Waals surface area contributed by atoms with Gasteiger partial charge in [-0.2, -0.15) is 0 Å². The Kier molecular flexibility index (Phi) is 2.40. The predicted molar refractivity (Wildman–Crippen MR) is 54.1 cm³/mol. The van der Waals surface area contributed by atoms with Gasteiger partial charge in [0.2, 0.25) is 5.78 Å². The van der Waals surface area contributed by atoms with E-state index in [9.17, 15) is 4.79 Å². The number of nitrogens with zero attached hydrogens (tertiary/aromatic N) is 2. The molecular formula is C11H16N2O. The van der Waals surface area contributed by atoms with Crippen molar-refractivity contribution in [2.75, 3.05) is 0 Å². The van der Waals surface area contributed by atoms with E-state index in [1.165, 1.54) is 0 Å². The number of hydrogen-bond acceptors (Lipinski definition) is 2. The van der Waals surface area contributed by atoms with E-state index < -0.39 is 0 Å². The number of Topliss-reactive ketones (excluding diaryl/α,β-unsaturated/α-hetero) is 1. The number of aromatic nitrogens is 2. The Bertz CT molecular complexity index is 343. The van der Waals surface area contributed by atoms with Crippen molar-refractivity contribution in [2.45, 2.75) is 33.2 Å². The van der Waals surface area contributed by atoms with Crippen LogP contribution >= 0.6 is 0 Å². The van der Waals surface area contributed by atoms with E-state index in [1.807, 2.05) is 10.8 Å². The van der Waals surface area contributed by atoms with Crippen LogP contribution in [0.25, 0.3) is 0 Å². The monoisotopic (exact) mass is 192 g/mol. The number of rotatable bonds is 4. The molecule has 14 heavy (non-hydrogen) atoms. The summed E-state index contributed by atoms with van der Waals surface area (Å²) in [4.78, 5) is 16.0. The number of aryl methyl sites for hydroxylation is 1. The van der Waals surface area contributed by atoms with Crippen LogP contribution in [-0.4, -0.2) is 15.3 Å². The van der Waals surface area contributed by atoms with Gasteiger partial charge in [-0.15, -0.1) is 0 Å². The molecule has 0 aromatic carbocycles. The highest BCUT2D eigenvalue weighted by Gasteiger charge is 2.40. The first-order valence-electron chi connectivity index (χ1n) is 5.29. The summed E-state index contributed by atoms with van der Waals surface area (Å²) in [6.45, 7) is 5.12. The largest absolute Gasteiger partial charge is 0.329 e. The minimum atomic E-state index is 0.232. The molecule has 0 aliphatic heterocycles. The van der Waals surface area contributed by atoms with Gasteiger partial charge < -0.3 is 4.57 Å². The normalized spacial score (nSPS) is 25.0. The number of carbonyl (C=O) groups is 1. The highest BCUT2D eigenvalue weighted by atomic mass is 16.1. The standard InChI is InChI=1S/C11H16N2O/c1-3-5-13-6-4-12-11(13)10(14)9-7-8(9)2/h4,6,8-9H,3,5,7H2,1-2H3. The maximum Gasteiger partial charge on any atom is 0.201 e. The summed E-state index contributed by atoms with van der Waals surface area (Å²) in [5.41, 5.74) is 0. The lowest BCUT2D eigenvalue weighted by Crippen LogP contribution is -2.12. The Morgan fingerprint density at radius 3 is 3.00 bits per heavy atom. The van der Waals surface area contributed by atoms with Gasteiger partial charge in [-0.3, -0.25) is 4.79 Å². The van der Waals surface area contributed by atoms with Crippen molar-refractivity contribution >= 4 is 5.78 Å². The lowest BCUT2D eigenvalue weighted by atomic mass is 10.2. The van der Waals surface area contributed by atoms with Crippen LogP contribution in [0.15, 0.2) is 12.4 Å². The van der Waals surface area contributed by atoms with Gasteiger partial charge in [0.25, 0.3) is 0 Å². The lowest BCUT2D eigenvalue weighted by molar-refractivity contribution is 0.0947. The van der Waals surface area contributed by atoms with E-state index in [1.54, 1.807) is 6.20 Å². The molecule has 1 aliphatic carbocycles. The Morgan fingerprint density at radius 2 is 2.43 bits per heavy atom. The molecule has 0 bridgehead atoms. The molecule has 0 spiro atoms. The molecule has 3 heteroatoms. The van der Waals surface area contributed by atoms with E-state index in [2.05, 4.69) is 18.8 Å². The second-order valence-corrected chi connectivity index (χ2v) is 4.13. The van der Waals surface area contributed by atoms with Gasteiger partial charge >= 0.3 is 0 Å². The first-order valence-corrected chi connectivity index (χ1v) is 5.29. The van der Waals surface area contributed by atoms with Crippen LogP contribution in [0.3, 0.4) is 0 Å². The van der Waals surface area contributed by atoms with Crippen molar-refractivity contribution in [3.05, 3.63) is 18.2 Å². The second kappa shape index (κ2) is 3.56. The highest BCUT2D eigenvalue weighted by Crippen LogP contribution is 2.39. The third-order valence-electron chi connectivity index (χ3n) is 2.85. The Labute approximate surface area is 84.1 Å². The van der Waals surface area contributed by atoms with Crippen molar-refractivity contribution in [1.82, 2.24) is 9.55 Å². The van der Waals surface area contributed by atoms with Gasteiger partial charge in [-0.25, -0.2) is 4.98 Å². The molecule has 0 radical (unpaired) electrons. The second-order valence-electron chi connectivity index (χ2n) is 4.13. The van der Waals surface area contributed by atoms with Crippen molar-refractivity contribution in [3.8, 4) is 0 Å². The molecule has 1 fully saturated rings. The van der Waals surface area contributed by atoms with Crippen LogP contribution in [0.4, 0.5) is 0 Å². The van der Waals surface area contributed by atoms with Gasteiger partial charge in [0.15, 0.2) is 5.82 Å². The molecule has 0 N–H and O–H groups in total. The van der Waals surface area contributed by atoms with E-state index in [4.69, 9.17) is 0 Å². The summed E-state index contributed by atoms with van der Waals surface area (Å²) in [6, 6.07) is 0. The van der Waals surface area contributed by atoms with E-state index in [0.717, 1.165) is 19.4 Å². The molecule has 3 nitrogen and oxygen atoms in total. The van der Waals surface area contributed by atoms with Crippen molar-refractivity contribution in [1.29, 1.82) is 0 Å². The Morgan fingerprint density at radius 1 is 1.71 bits per heavy atom. The van der Waals surface area contributed by atoms with Crippen LogP contribution < -0.4 is 0 Å². The summed E-state index contributed by atoms with van der Waals surface area (Å²) < 4.78 is 1.97. The van der Waals surface area contributed by atoms with Crippen LogP contribution in [-0.2, 0) is 6.54 Å². The van der Waals surface area contributed by atoms with Crippen LogP contribution in [0, 0.1) is 11.8 Å². The van der Waals surface area contributed by atoms with E-state index in [-0.39, 0.29) is 11.7 Å². The molecule has 2 unspecified atom stereocenters. The summed E-state index contributed by atoms with van der Waals surface area (Å²) in [5, 5.41) is 0. The van der Waals surface area contributed by atoms with Crippen molar-refractivity contribution in [2.24, 2.45) is 11.8 Å². The maximum atomic E-state index is 11.9. The zero-order valence-corrected chi connectivity index (χ0v) is 8.73. The van der Waals surface area contributed by atoms with E-state index >= 15 is 0 Å². The number of imidazole rings is 1. The van der Waals surface area contributed by atoms with E-state index in [0.29, 0.717) is 11.7 Å². The number of hydrogen-bond donors (Lipinski definition) is 0. The lowest BCUT2D eigenvalue weighted by Gasteiger charge is -2.04. The van der Waals surface area contributed by atoms with Gasteiger partial charge in [0.1, 0.15) is 0 Å². The smallest absolute Gasteiger partial charge is 0.201 e. The van der Waals surface area contributed by atoms with Gasteiger partial charge in [-0.05, 0) is 18.8 Å². The molecule has 1 saturated carbocycles. The summed E-state index contributed by atoms with van der Waals surface area (Å²) in [5.74, 6) is 1.69. The highest BCUT2D eigenvalue weighted by molar-refractivity contribution is 5.96. The fourth-order valence-electron chi connectivity index (χ4n) is 1.81. The number of carbonyl (C=O) groups excluding carboxylic acids is 1. The number of ketones is 1. The van der Waals surface area contributed by atoms with Crippen molar-refractivity contribution in [3.63, 3.8) is 0 Å². The van der Waals surface area contributed by atoms with Gasteiger partial charge in [0, 0.05) is 24.9 Å². The molecular weight excluding hydrogens is 176 g/mol. The predicted octanol–water partition coefficient (Wildman–Crippen LogP) is 2.13. The molecule has 1 aliphatic rings. The summed E-state index contributed by atoms with van der Waals surface area (Å²) in [7, 11) is 0. The molecule has 1 heterocycles. The Hall–Kier alpha value is -1.12. The molecule has 2 atom stereocenters. The molecule has 0 saturated heterocycles. The molecule has 76 valence electrons. The topological polar surface area (TPSA) is 34.9 Å². The minimum absolute atomic E-state index is 0.232. The molecule has 1 aromatic heterocycles. The molecule has 1 aromatic rings. The van der Waals surface area contributed by atoms with Crippen LogP contribution in [0.2, 0.25) is 0 Å². The Balaban J connectivity index is 2.14. The summed E-state index contributed by atoms with van der Waals surface area (Å²) >= 11 is 0. The average Bonchev–Trinajstić information content (AvgIpc) is 2.72. The third kappa shape index (κ3) is 1.59. The summed E-state index contributed by atoms with van der Waals surface area (Å²) in [6.07, 6.45) is 5.69. The maximum absolute atomic E-state index is 11.9. The zero-order valence-electron chi connectivity index (χ0n) is 8.73. The first kappa shape index (κ1) is 9.44. The average molecular weight is 192 g/mol.